The average molecular weight is 289 g/mol. The van der Waals surface area contributed by atoms with E-state index in [0.717, 1.165) is 11.1 Å². The van der Waals surface area contributed by atoms with E-state index in [0.29, 0.717) is 17.6 Å². The minimum Gasteiger partial charge on any atom is -0.748 e. The van der Waals surface area contributed by atoms with Crippen molar-refractivity contribution in [2.75, 3.05) is 0 Å². The Bertz CT molecular complexity index is 458. The third kappa shape index (κ3) is 4.27. The molecule has 3 nitrogen and oxygen atoms in total. The molecule has 0 amide bonds. The largest absolute Gasteiger partial charge is 1.00 e. The molecule has 0 aliphatic heterocycles. The first-order valence-electron chi connectivity index (χ1n) is 6.46. The molecule has 0 saturated heterocycles. The molecule has 1 fully saturated rings. The molecule has 1 unspecified atom stereocenters. The second-order valence-corrected chi connectivity index (χ2v) is 5.99. The zero-order valence-electron chi connectivity index (χ0n) is 12.1. The molecular weight excluding hydrogens is 270 g/mol. The van der Waals surface area contributed by atoms with Gasteiger partial charge in [0.2, 0.25) is 0 Å². The maximum absolute atomic E-state index is 10.9. The quantitative estimate of drug-likeness (QED) is 0.593. The normalized spacial score (nSPS) is 16.8. The summed E-state index contributed by atoms with van der Waals surface area (Å²) < 4.78 is 16.0. The van der Waals surface area contributed by atoms with Crippen LogP contribution in [0.5, 0.6) is 5.75 Å². The van der Waals surface area contributed by atoms with Crippen LogP contribution in [0.15, 0.2) is 18.2 Å². The summed E-state index contributed by atoms with van der Waals surface area (Å²) in [5.41, 5.74) is 2.00. The van der Waals surface area contributed by atoms with Gasteiger partial charge in [0.15, 0.2) is 8.25 Å². The molecule has 0 heterocycles. The van der Waals surface area contributed by atoms with Gasteiger partial charge in [0, 0.05) is 0 Å². The monoisotopic (exact) mass is 289 g/mol. The van der Waals surface area contributed by atoms with Crippen molar-refractivity contribution in [1.29, 1.82) is 0 Å². The molecule has 0 spiro atoms. The summed E-state index contributed by atoms with van der Waals surface area (Å²) in [7, 11) is -2.86. The molecule has 5 heteroatoms. The number of benzene rings is 1. The first-order valence-corrected chi connectivity index (χ1v) is 7.55. The fraction of sp³-hybridized carbons (Fsp3) is 0.571. The van der Waals surface area contributed by atoms with Crippen LogP contribution in [0, 0.1) is 5.92 Å². The molecular formula is C14H19NaO3P. The summed E-state index contributed by atoms with van der Waals surface area (Å²) in [4.78, 5) is 10.9. The van der Waals surface area contributed by atoms with Crippen molar-refractivity contribution in [3.63, 3.8) is 0 Å². The van der Waals surface area contributed by atoms with Crippen molar-refractivity contribution in [3.05, 3.63) is 29.3 Å². The van der Waals surface area contributed by atoms with Crippen LogP contribution in [0.25, 0.3) is 0 Å². The summed E-state index contributed by atoms with van der Waals surface area (Å²) in [6.45, 7) is 6.25. The third-order valence-electron chi connectivity index (χ3n) is 3.68. The molecule has 2 atom stereocenters. The molecule has 1 aromatic carbocycles. The minimum atomic E-state index is -2.86. The SMILES string of the molecule is CC(C)c1cccc([C@H](C)C2CC2)c1O[P](=O)[O-].[Na+]. The predicted octanol–water partition coefficient (Wildman–Crippen LogP) is 0.724. The number of rotatable bonds is 5. The molecule has 1 saturated carbocycles. The first kappa shape index (κ1) is 17.1. The standard InChI is InChI=1S/C14H19O3P.Na/c1-9(2)12-5-4-6-13(10(3)11-7-8-11)14(12)17-18(15)16;/h4-6,9-11H,7-8H2,1-3H3;/q-1;+1/t10-;/m1./s1. The van der Waals surface area contributed by atoms with Gasteiger partial charge in [0.1, 0.15) is 5.75 Å². The van der Waals surface area contributed by atoms with Crippen LogP contribution in [-0.2, 0) is 4.57 Å². The second kappa shape index (κ2) is 7.19. The molecule has 1 radical (unpaired) electrons. The molecule has 0 aromatic heterocycles. The molecule has 1 aliphatic carbocycles. The van der Waals surface area contributed by atoms with Crippen molar-refractivity contribution >= 4 is 8.25 Å². The van der Waals surface area contributed by atoms with E-state index in [1.54, 1.807) is 0 Å². The minimum absolute atomic E-state index is 0. The van der Waals surface area contributed by atoms with Gasteiger partial charge in [0.25, 0.3) is 0 Å². The summed E-state index contributed by atoms with van der Waals surface area (Å²) >= 11 is 0. The Morgan fingerprint density at radius 2 is 1.84 bits per heavy atom. The van der Waals surface area contributed by atoms with E-state index in [2.05, 4.69) is 6.92 Å². The van der Waals surface area contributed by atoms with E-state index >= 15 is 0 Å². The van der Waals surface area contributed by atoms with Gasteiger partial charge >= 0.3 is 29.6 Å². The van der Waals surface area contributed by atoms with E-state index in [1.165, 1.54) is 12.8 Å². The van der Waals surface area contributed by atoms with Crippen molar-refractivity contribution in [2.24, 2.45) is 5.92 Å². The van der Waals surface area contributed by atoms with Gasteiger partial charge in [-0.25, -0.2) is 0 Å². The summed E-state index contributed by atoms with van der Waals surface area (Å²) in [5.74, 6) is 1.86. The zero-order valence-corrected chi connectivity index (χ0v) is 14.9. The van der Waals surface area contributed by atoms with E-state index in [4.69, 9.17) is 4.52 Å². The van der Waals surface area contributed by atoms with Crippen LogP contribution in [0.4, 0.5) is 0 Å². The van der Waals surface area contributed by atoms with E-state index in [1.807, 2.05) is 32.0 Å². The van der Waals surface area contributed by atoms with Gasteiger partial charge in [-0.15, -0.1) is 0 Å². The maximum Gasteiger partial charge on any atom is 1.00 e. The van der Waals surface area contributed by atoms with Gasteiger partial charge in [-0.05, 0) is 41.7 Å². The van der Waals surface area contributed by atoms with Crippen molar-refractivity contribution in [1.82, 2.24) is 0 Å². The van der Waals surface area contributed by atoms with Crippen LogP contribution >= 0.6 is 8.25 Å². The van der Waals surface area contributed by atoms with Crippen molar-refractivity contribution in [2.45, 2.75) is 45.4 Å². The van der Waals surface area contributed by atoms with E-state index in [-0.39, 0.29) is 35.5 Å². The summed E-state index contributed by atoms with van der Waals surface area (Å²) in [6.07, 6.45) is 2.46. The molecule has 99 valence electrons. The van der Waals surface area contributed by atoms with Crippen molar-refractivity contribution in [3.8, 4) is 5.75 Å². The summed E-state index contributed by atoms with van der Waals surface area (Å²) in [6, 6.07) is 5.93. The summed E-state index contributed by atoms with van der Waals surface area (Å²) in [5, 5.41) is 0. The first-order chi connectivity index (χ1) is 8.50. The average Bonchev–Trinajstić information content (AvgIpc) is 3.11. The Kier molecular flexibility index (Phi) is 6.49. The zero-order chi connectivity index (χ0) is 13.3. The third-order valence-corrected chi connectivity index (χ3v) is 4.02. The van der Waals surface area contributed by atoms with Gasteiger partial charge in [-0.3, -0.25) is 4.57 Å². The van der Waals surface area contributed by atoms with Gasteiger partial charge in [-0.1, -0.05) is 39.0 Å². The number of hydrogen-bond donors (Lipinski definition) is 0. The second-order valence-electron chi connectivity index (χ2n) is 5.36. The van der Waals surface area contributed by atoms with Crippen LogP contribution in [0.1, 0.15) is 56.6 Å². The van der Waals surface area contributed by atoms with Crippen LogP contribution in [0.3, 0.4) is 0 Å². The molecule has 1 aromatic rings. The van der Waals surface area contributed by atoms with Crippen LogP contribution < -0.4 is 39.0 Å². The maximum atomic E-state index is 10.9. The Labute approximate surface area is 138 Å². The van der Waals surface area contributed by atoms with Crippen LogP contribution in [-0.4, -0.2) is 0 Å². The molecule has 19 heavy (non-hydrogen) atoms. The number of hydrogen-bond acceptors (Lipinski definition) is 3. The smallest absolute Gasteiger partial charge is 0.748 e. The van der Waals surface area contributed by atoms with Gasteiger partial charge in [-0.2, -0.15) is 0 Å². The molecule has 2 rings (SSSR count). The Hall–Kier alpha value is 0.0800. The topological polar surface area (TPSA) is 49.4 Å². The Balaban J connectivity index is 0.00000180. The molecule has 0 bridgehead atoms. The number of para-hydroxylation sites is 1. The van der Waals surface area contributed by atoms with Crippen molar-refractivity contribution < 1.29 is 43.5 Å². The molecule has 0 N–H and O–H groups in total. The molecule has 1 aliphatic rings. The van der Waals surface area contributed by atoms with Crippen LogP contribution in [0.2, 0.25) is 0 Å². The Morgan fingerprint density at radius 1 is 1.26 bits per heavy atom. The van der Waals surface area contributed by atoms with Gasteiger partial charge < -0.3 is 9.42 Å². The Morgan fingerprint density at radius 3 is 2.32 bits per heavy atom. The van der Waals surface area contributed by atoms with E-state index < -0.39 is 8.25 Å². The fourth-order valence-corrected chi connectivity index (χ4v) is 2.78. The predicted molar refractivity (Wildman–Crippen MR) is 69.9 cm³/mol. The fourth-order valence-electron chi connectivity index (χ4n) is 2.42. The van der Waals surface area contributed by atoms with Gasteiger partial charge in [0.05, 0.1) is 0 Å². The van der Waals surface area contributed by atoms with E-state index in [9.17, 15) is 9.46 Å².